The lowest BCUT2D eigenvalue weighted by atomic mass is 10.1. The van der Waals surface area contributed by atoms with Gasteiger partial charge in [0, 0.05) is 6.42 Å². The van der Waals surface area contributed by atoms with E-state index in [9.17, 15) is 33.6 Å². The van der Waals surface area contributed by atoms with E-state index >= 15 is 0 Å². The van der Waals surface area contributed by atoms with Gasteiger partial charge in [-0.2, -0.15) is 0 Å². The minimum absolute atomic E-state index is 0.487. The Labute approximate surface area is 187 Å². The molecule has 0 saturated carbocycles. The maximum absolute atomic E-state index is 12.6. The van der Waals surface area contributed by atoms with Gasteiger partial charge in [-0.15, -0.1) is 0 Å². The summed E-state index contributed by atoms with van der Waals surface area (Å²) in [4.78, 5) is 81.8. The van der Waals surface area contributed by atoms with Crippen molar-refractivity contribution < 1.29 is 48.9 Å². The zero-order chi connectivity index (χ0) is 25.1. The minimum Gasteiger partial charge on any atom is -0.481 e. The van der Waals surface area contributed by atoms with Gasteiger partial charge in [0.05, 0.1) is 18.9 Å². The van der Waals surface area contributed by atoms with Crippen LogP contribution in [-0.4, -0.2) is 87.6 Å². The van der Waals surface area contributed by atoms with Crippen molar-refractivity contribution >= 4 is 41.5 Å². The van der Waals surface area contributed by atoms with Crippen LogP contribution < -0.4 is 27.0 Å². The molecule has 0 aromatic carbocycles. The lowest BCUT2D eigenvalue weighted by Gasteiger charge is -2.24. The summed E-state index contributed by atoms with van der Waals surface area (Å²) < 4.78 is 0. The van der Waals surface area contributed by atoms with E-state index < -0.39 is 91.4 Å². The van der Waals surface area contributed by atoms with Gasteiger partial charge in [-0.3, -0.25) is 28.8 Å². The summed E-state index contributed by atoms with van der Waals surface area (Å²) in [5.41, 5.74) is 5.12. The molecular weight excluding hydrogens is 446 g/mol. The molecule has 0 spiro atoms. The molecule has 9 N–H and O–H groups in total. The van der Waals surface area contributed by atoms with Crippen molar-refractivity contribution in [2.45, 2.75) is 62.7 Å². The lowest BCUT2D eigenvalue weighted by Crippen LogP contribution is -2.58. The molecule has 4 atom stereocenters. The fourth-order valence-electron chi connectivity index (χ4n) is 3.04. The van der Waals surface area contributed by atoms with Gasteiger partial charge >= 0.3 is 17.9 Å². The summed E-state index contributed by atoms with van der Waals surface area (Å²) in [6.45, 7) is 0.582. The summed E-state index contributed by atoms with van der Waals surface area (Å²) in [6, 6.07) is -5.55. The van der Waals surface area contributed by atoms with Crippen molar-refractivity contribution in [1.29, 1.82) is 0 Å². The molecule has 4 amide bonds. The predicted molar refractivity (Wildman–Crippen MR) is 107 cm³/mol. The van der Waals surface area contributed by atoms with E-state index in [1.54, 1.807) is 0 Å². The number of carbonyl (C=O) groups excluding carboxylic acids is 4. The van der Waals surface area contributed by atoms with Crippen molar-refractivity contribution in [1.82, 2.24) is 21.3 Å². The molecule has 0 bridgehead atoms. The van der Waals surface area contributed by atoms with E-state index in [0.29, 0.717) is 13.0 Å². The summed E-state index contributed by atoms with van der Waals surface area (Å²) in [5.74, 6) is -8.22. The maximum Gasteiger partial charge on any atom is 0.326 e. The van der Waals surface area contributed by atoms with Crippen LogP contribution in [0.2, 0.25) is 0 Å². The number of carbonyl (C=O) groups is 7. The molecule has 1 aliphatic heterocycles. The molecule has 4 unspecified atom stereocenters. The SMILES string of the molecule is NC(=O)CC(NC(=O)C1CCCN1)C(=O)NC(CC(=O)O)C(=O)NC(CCC(=O)O)C(=O)O. The molecule has 15 heteroatoms. The Bertz CT molecular complexity index is 795. The van der Waals surface area contributed by atoms with Crippen molar-refractivity contribution in [3.63, 3.8) is 0 Å². The average molecular weight is 473 g/mol. The molecule has 0 aromatic rings. The topological polar surface area (TPSA) is 254 Å². The van der Waals surface area contributed by atoms with Crippen molar-refractivity contribution in [2.24, 2.45) is 5.73 Å². The van der Waals surface area contributed by atoms with Crippen LogP contribution >= 0.6 is 0 Å². The number of aliphatic carboxylic acids is 3. The van der Waals surface area contributed by atoms with Crippen LogP contribution in [0.25, 0.3) is 0 Å². The van der Waals surface area contributed by atoms with Crippen molar-refractivity contribution in [3.05, 3.63) is 0 Å². The monoisotopic (exact) mass is 473 g/mol. The van der Waals surface area contributed by atoms with E-state index in [0.717, 1.165) is 6.42 Å². The zero-order valence-corrected chi connectivity index (χ0v) is 17.5. The Hall–Kier alpha value is -3.75. The maximum atomic E-state index is 12.6. The predicted octanol–water partition coefficient (Wildman–Crippen LogP) is -3.51. The van der Waals surface area contributed by atoms with Crippen molar-refractivity contribution in [2.75, 3.05) is 6.54 Å². The average Bonchev–Trinajstić information content (AvgIpc) is 3.23. The number of primary amides is 1. The van der Waals surface area contributed by atoms with Gasteiger partial charge < -0.3 is 42.3 Å². The molecule has 0 radical (unpaired) electrons. The Balaban J connectivity index is 2.93. The molecule has 184 valence electrons. The van der Waals surface area contributed by atoms with Crippen LogP contribution in [0.4, 0.5) is 0 Å². The van der Waals surface area contributed by atoms with Crippen LogP contribution in [0.5, 0.6) is 0 Å². The summed E-state index contributed by atoms with van der Waals surface area (Å²) in [6.07, 6.45) is -1.45. The van der Waals surface area contributed by atoms with Gasteiger partial charge in [0.15, 0.2) is 0 Å². The number of nitrogens with one attached hydrogen (secondary N) is 4. The molecule has 0 aliphatic carbocycles. The first-order valence-corrected chi connectivity index (χ1v) is 9.99. The van der Waals surface area contributed by atoms with Crippen LogP contribution in [0.15, 0.2) is 0 Å². The number of carboxylic acid groups (broad SMARTS) is 3. The first kappa shape index (κ1) is 27.3. The van der Waals surface area contributed by atoms with E-state index in [-0.39, 0.29) is 0 Å². The Morgan fingerprint density at radius 1 is 0.848 bits per heavy atom. The second kappa shape index (κ2) is 12.9. The summed E-state index contributed by atoms with van der Waals surface area (Å²) in [7, 11) is 0. The Kier molecular flexibility index (Phi) is 10.7. The zero-order valence-electron chi connectivity index (χ0n) is 17.5. The molecule has 1 aliphatic rings. The molecule has 1 heterocycles. The fraction of sp³-hybridized carbons (Fsp3) is 0.611. The standard InChI is InChI=1S/C18H27N5O10/c19-12(24)6-10(22-15(29)8-2-1-5-20-8)16(30)23-11(7-14(27)28)17(31)21-9(18(32)33)3-4-13(25)26/h8-11,20H,1-7H2,(H2,19,24)(H,21,31)(H,22,29)(H,23,30)(H,25,26)(H,27,28)(H,32,33). The molecule has 1 fully saturated rings. The van der Waals surface area contributed by atoms with E-state index in [1.165, 1.54) is 0 Å². The number of nitrogens with two attached hydrogens (primary N) is 1. The van der Waals surface area contributed by atoms with E-state index in [4.69, 9.17) is 21.1 Å². The number of rotatable bonds is 14. The van der Waals surface area contributed by atoms with Crippen LogP contribution in [0.1, 0.15) is 38.5 Å². The molecular formula is C18H27N5O10. The van der Waals surface area contributed by atoms with Gasteiger partial charge in [0.25, 0.3) is 0 Å². The summed E-state index contributed by atoms with van der Waals surface area (Å²) >= 11 is 0. The third kappa shape index (κ3) is 9.94. The fourth-order valence-corrected chi connectivity index (χ4v) is 3.04. The number of hydrogen-bond donors (Lipinski definition) is 8. The Morgan fingerprint density at radius 3 is 1.88 bits per heavy atom. The normalized spacial score (nSPS) is 17.8. The van der Waals surface area contributed by atoms with Gasteiger partial charge in [0.2, 0.25) is 23.6 Å². The lowest BCUT2D eigenvalue weighted by molar-refractivity contribution is -0.144. The summed E-state index contributed by atoms with van der Waals surface area (Å²) in [5, 5.41) is 36.2. The second-order valence-electron chi connectivity index (χ2n) is 7.37. The second-order valence-corrected chi connectivity index (χ2v) is 7.37. The largest absolute Gasteiger partial charge is 0.481 e. The highest BCUT2D eigenvalue weighted by Crippen LogP contribution is 2.07. The Morgan fingerprint density at radius 2 is 1.42 bits per heavy atom. The quantitative estimate of drug-likeness (QED) is 0.123. The smallest absolute Gasteiger partial charge is 0.326 e. The van der Waals surface area contributed by atoms with Gasteiger partial charge in [-0.05, 0) is 25.8 Å². The highest BCUT2D eigenvalue weighted by Gasteiger charge is 2.33. The van der Waals surface area contributed by atoms with Gasteiger partial charge in [-0.25, -0.2) is 4.79 Å². The molecule has 0 aromatic heterocycles. The van der Waals surface area contributed by atoms with Crippen LogP contribution in [0, 0.1) is 0 Å². The number of amides is 4. The minimum atomic E-state index is -1.78. The van der Waals surface area contributed by atoms with Gasteiger partial charge in [-0.1, -0.05) is 0 Å². The highest BCUT2D eigenvalue weighted by molar-refractivity contribution is 5.97. The molecule has 1 rings (SSSR count). The molecule has 1 saturated heterocycles. The van der Waals surface area contributed by atoms with Crippen LogP contribution in [0.3, 0.4) is 0 Å². The highest BCUT2D eigenvalue weighted by atomic mass is 16.4. The number of carboxylic acids is 3. The van der Waals surface area contributed by atoms with Gasteiger partial charge in [0.1, 0.15) is 18.1 Å². The van der Waals surface area contributed by atoms with E-state index in [1.807, 2.05) is 5.32 Å². The molecule has 33 heavy (non-hydrogen) atoms. The molecule has 15 nitrogen and oxygen atoms in total. The van der Waals surface area contributed by atoms with E-state index in [2.05, 4.69) is 16.0 Å². The first-order valence-electron chi connectivity index (χ1n) is 9.99. The third-order valence-corrected chi connectivity index (χ3v) is 4.69. The third-order valence-electron chi connectivity index (χ3n) is 4.69. The first-order chi connectivity index (χ1) is 15.4. The van der Waals surface area contributed by atoms with Crippen molar-refractivity contribution in [3.8, 4) is 0 Å². The van der Waals surface area contributed by atoms with Crippen LogP contribution in [-0.2, 0) is 33.6 Å². The number of hydrogen-bond acceptors (Lipinski definition) is 8.